The van der Waals surface area contributed by atoms with Gasteiger partial charge in [-0.3, -0.25) is 4.57 Å². The minimum Gasteiger partial charge on any atom is -0.275 e. The van der Waals surface area contributed by atoms with E-state index in [1.165, 1.54) is 22.3 Å². The largest absolute Gasteiger partial charge is 0.275 e. The van der Waals surface area contributed by atoms with E-state index in [-0.39, 0.29) is 0 Å². The molecule has 0 aliphatic heterocycles. The molecule has 3 nitrogen and oxygen atoms in total. The van der Waals surface area contributed by atoms with E-state index < -0.39 is 0 Å². The van der Waals surface area contributed by atoms with Gasteiger partial charge in [-0.1, -0.05) is 97.1 Å². The van der Waals surface area contributed by atoms with Crippen molar-refractivity contribution in [3.8, 4) is 39.6 Å². The van der Waals surface area contributed by atoms with Gasteiger partial charge in [-0.05, 0) is 42.2 Å². The van der Waals surface area contributed by atoms with E-state index in [9.17, 15) is 0 Å². The highest BCUT2D eigenvalue weighted by molar-refractivity contribution is 5.72. The first kappa shape index (κ1) is 19.0. The maximum absolute atomic E-state index is 4.64. The van der Waals surface area contributed by atoms with Gasteiger partial charge in [0.05, 0.1) is 5.69 Å². The van der Waals surface area contributed by atoms with E-state index in [1.807, 2.05) is 12.1 Å². The fourth-order valence-corrected chi connectivity index (χ4v) is 3.95. The Labute approximate surface area is 182 Å². The van der Waals surface area contributed by atoms with Crippen molar-refractivity contribution in [2.45, 2.75) is 13.8 Å². The maximum Gasteiger partial charge on any atom is 0.169 e. The van der Waals surface area contributed by atoms with Crippen LogP contribution < -0.4 is 0 Å². The lowest BCUT2D eigenvalue weighted by molar-refractivity contribution is 1.05. The van der Waals surface area contributed by atoms with Crippen LogP contribution in [0.15, 0.2) is 103 Å². The number of rotatable bonds is 4. The van der Waals surface area contributed by atoms with E-state index in [4.69, 9.17) is 0 Å². The lowest BCUT2D eigenvalue weighted by Gasteiger charge is -2.14. The molecule has 0 fully saturated rings. The SMILES string of the molecule is Cc1ccccc1-c1nnc(-c2ccc(-c3ccccc3)cc2)n1-c1ccccc1C. The minimum absolute atomic E-state index is 0.840. The molecular weight excluding hydrogens is 378 g/mol. The van der Waals surface area contributed by atoms with Gasteiger partial charge in [0.15, 0.2) is 11.6 Å². The van der Waals surface area contributed by atoms with Crippen LogP contribution in [0.4, 0.5) is 0 Å². The summed E-state index contributed by atoms with van der Waals surface area (Å²) in [5.41, 5.74) is 7.96. The third kappa shape index (κ3) is 3.55. The van der Waals surface area contributed by atoms with Gasteiger partial charge < -0.3 is 0 Å². The number of hydrogen-bond acceptors (Lipinski definition) is 2. The molecule has 0 radical (unpaired) electrons. The Morgan fingerprint density at radius 2 is 1.03 bits per heavy atom. The zero-order valence-corrected chi connectivity index (χ0v) is 17.7. The van der Waals surface area contributed by atoms with Gasteiger partial charge in [0.2, 0.25) is 0 Å². The van der Waals surface area contributed by atoms with Crippen molar-refractivity contribution in [3.63, 3.8) is 0 Å². The molecule has 1 aromatic heterocycles. The van der Waals surface area contributed by atoms with Crippen LogP contribution in [0.2, 0.25) is 0 Å². The summed E-state index contributed by atoms with van der Waals surface area (Å²) in [6, 6.07) is 35.7. The normalized spacial score (nSPS) is 10.9. The van der Waals surface area contributed by atoms with Crippen molar-refractivity contribution in [3.05, 3.63) is 114 Å². The summed E-state index contributed by atoms with van der Waals surface area (Å²) in [5.74, 6) is 1.70. The van der Waals surface area contributed by atoms with Crippen molar-refractivity contribution in [1.29, 1.82) is 0 Å². The molecule has 0 aliphatic rings. The smallest absolute Gasteiger partial charge is 0.169 e. The highest BCUT2D eigenvalue weighted by atomic mass is 15.3. The summed E-state index contributed by atoms with van der Waals surface area (Å²) < 4.78 is 2.18. The Morgan fingerprint density at radius 1 is 0.484 bits per heavy atom. The molecule has 0 bridgehead atoms. The molecule has 0 saturated heterocycles. The number of nitrogens with zero attached hydrogens (tertiary/aromatic N) is 3. The van der Waals surface area contributed by atoms with Crippen LogP contribution in [0.1, 0.15) is 11.1 Å². The minimum atomic E-state index is 0.840. The predicted molar refractivity (Wildman–Crippen MR) is 127 cm³/mol. The second-order valence-electron chi connectivity index (χ2n) is 7.73. The molecule has 150 valence electrons. The lowest BCUT2D eigenvalue weighted by atomic mass is 10.0. The standard InChI is InChI=1S/C28H23N3/c1-20-10-6-8-14-25(20)28-30-29-27(31(28)26-15-9-7-11-21(26)2)24-18-16-23(17-19-24)22-12-4-3-5-13-22/h3-19H,1-2H3. The molecule has 5 aromatic rings. The number of hydrogen-bond donors (Lipinski definition) is 0. The van der Waals surface area contributed by atoms with Gasteiger partial charge in [0, 0.05) is 11.1 Å². The molecule has 0 amide bonds. The number of aryl methyl sites for hydroxylation is 2. The van der Waals surface area contributed by atoms with Crippen LogP contribution in [0.5, 0.6) is 0 Å². The van der Waals surface area contributed by atoms with Crippen LogP contribution in [0, 0.1) is 13.8 Å². The fourth-order valence-electron chi connectivity index (χ4n) is 3.95. The number of aromatic nitrogens is 3. The monoisotopic (exact) mass is 401 g/mol. The topological polar surface area (TPSA) is 30.7 Å². The zero-order chi connectivity index (χ0) is 21.2. The van der Waals surface area contributed by atoms with Crippen LogP contribution in [-0.2, 0) is 0 Å². The average molecular weight is 402 g/mol. The maximum atomic E-state index is 4.64. The Balaban J connectivity index is 1.68. The molecule has 0 unspecified atom stereocenters. The second-order valence-corrected chi connectivity index (χ2v) is 7.73. The van der Waals surface area contributed by atoms with Crippen LogP contribution in [-0.4, -0.2) is 14.8 Å². The Morgan fingerprint density at radius 3 is 1.74 bits per heavy atom. The van der Waals surface area contributed by atoms with Crippen LogP contribution in [0.25, 0.3) is 39.6 Å². The van der Waals surface area contributed by atoms with E-state index in [1.54, 1.807) is 0 Å². The average Bonchev–Trinajstić information content (AvgIpc) is 3.25. The van der Waals surface area contributed by atoms with Gasteiger partial charge >= 0.3 is 0 Å². The van der Waals surface area contributed by atoms with Gasteiger partial charge in [-0.25, -0.2) is 0 Å². The Kier molecular flexibility index (Phi) is 4.93. The molecular formula is C28H23N3. The molecule has 0 saturated carbocycles. The molecule has 0 atom stereocenters. The van der Waals surface area contributed by atoms with Crippen molar-refractivity contribution in [1.82, 2.24) is 14.8 Å². The van der Waals surface area contributed by atoms with Gasteiger partial charge in [-0.15, -0.1) is 10.2 Å². The Hall–Kier alpha value is -3.98. The van der Waals surface area contributed by atoms with Crippen LogP contribution in [0.3, 0.4) is 0 Å². The fraction of sp³-hybridized carbons (Fsp3) is 0.0714. The molecule has 3 heteroatoms. The quantitative estimate of drug-likeness (QED) is 0.328. The third-order valence-electron chi connectivity index (χ3n) is 5.66. The summed E-state index contributed by atoms with van der Waals surface area (Å²) in [6.07, 6.45) is 0. The number of para-hydroxylation sites is 1. The number of benzene rings is 4. The van der Waals surface area contributed by atoms with E-state index in [2.05, 4.69) is 120 Å². The summed E-state index contributed by atoms with van der Waals surface area (Å²) in [6.45, 7) is 4.24. The summed E-state index contributed by atoms with van der Waals surface area (Å²) in [5, 5.41) is 9.27. The highest BCUT2D eigenvalue weighted by Crippen LogP contribution is 2.32. The predicted octanol–water partition coefficient (Wildman–Crippen LogP) is 6.89. The molecule has 0 N–H and O–H groups in total. The van der Waals surface area contributed by atoms with E-state index >= 15 is 0 Å². The highest BCUT2D eigenvalue weighted by Gasteiger charge is 2.19. The molecule has 4 aromatic carbocycles. The molecule has 31 heavy (non-hydrogen) atoms. The van der Waals surface area contributed by atoms with Crippen molar-refractivity contribution < 1.29 is 0 Å². The summed E-state index contributed by atoms with van der Waals surface area (Å²) >= 11 is 0. The zero-order valence-electron chi connectivity index (χ0n) is 17.7. The third-order valence-corrected chi connectivity index (χ3v) is 5.66. The van der Waals surface area contributed by atoms with Crippen LogP contribution >= 0.6 is 0 Å². The van der Waals surface area contributed by atoms with Crippen molar-refractivity contribution >= 4 is 0 Å². The molecule has 5 rings (SSSR count). The second kappa shape index (κ2) is 8.04. The van der Waals surface area contributed by atoms with Gasteiger partial charge in [0.25, 0.3) is 0 Å². The first-order valence-electron chi connectivity index (χ1n) is 10.5. The van der Waals surface area contributed by atoms with E-state index in [0.717, 1.165) is 28.5 Å². The Bertz CT molecular complexity index is 1330. The lowest BCUT2D eigenvalue weighted by Crippen LogP contribution is -2.03. The molecule has 1 heterocycles. The van der Waals surface area contributed by atoms with E-state index in [0.29, 0.717) is 0 Å². The first-order chi connectivity index (χ1) is 15.2. The molecule has 0 spiro atoms. The first-order valence-corrected chi connectivity index (χ1v) is 10.5. The van der Waals surface area contributed by atoms with Gasteiger partial charge in [-0.2, -0.15) is 0 Å². The summed E-state index contributed by atoms with van der Waals surface area (Å²) in [4.78, 5) is 0. The van der Waals surface area contributed by atoms with Crippen molar-refractivity contribution in [2.24, 2.45) is 0 Å². The van der Waals surface area contributed by atoms with Crippen molar-refractivity contribution in [2.75, 3.05) is 0 Å². The summed E-state index contributed by atoms with van der Waals surface area (Å²) in [7, 11) is 0. The van der Waals surface area contributed by atoms with Gasteiger partial charge in [0.1, 0.15) is 0 Å². The molecule has 0 aliphatic carbocycles.